The van der Waals surface area contributed by atoms with E-state index < -0.39 is 89.9 Å². The van der Waals surface area contributed by atoms with Gasteiger partial charge in [-0.2, -0.15) is 26.3 Å². The molecule has 0 atom stereocenters. The maximum atomic E-state index is 14.6. The molecule has 430 valence electrons. The second-order valence-corrected chi connectivity index (χ2v) is 30.3. The molecule has 0 amide bonds. The number of H-pyrrole nitrogens is 1. The molecule has 8 aromatic rings. The van der Waals surface area contributed by atoms with E-state index in [1.54, 1.807) is 46.2 Å². The first-order chi connectivity index (χ1) is 37.7. The summed E-state index contributed by atoms with van der Waals surface area (Å²) in [5.74, 6) is -1.13. The molecule has 2 N–H and O–H groups in total. The number of hydrogen-bond donors (Lipinski definition) is 2. The van der Waals surface area contributed by atoms with Gasteiger partial charge in [0.15, 0.2) is 8.24 Å². The Balaban J connectivity index is 0.000000246. The Morgan fingerprint density at radius 2 is 1.19 bits per heavy atom. The number of hydrogen-bond acceptors (Lipinski definition) is 11. The Bertz CT molecular complexity index is 3960. The molecule has 0 saturated heterocycles. The number of nitrogens with one attached hydrogen (secondary N) is 2. The van der Waals surface area contributed by atoms with Gasteiger partial charge in [-0.1, -0.05) is 64.7 Å². The van der Waals surface area contributed by atoms with Crippen molar-refractivity contribution in [1.82, 2.24) is 29.2 Å². The van der Waals surface area contributed by atoms with Crippen molar-refractivity contribution in [3.05, 3.63) is 164 Å². The van der Waals surface area contributed by atoms with Crippen LogP contribution in [0.4, 0.5) is 37.7 Å². The van der Waals surface area contributed by atoms with Crippen LogP contribution < -0.4 is 9.03 Å². The number of methoxy groups -OCH3 is 1. The fourth-order valence-corrected chi connectivity index (χ4v) is 20.0. The minimum absolute atomic E-state index is 0.139. The van der Waals surface area contributed by atoms with Crippen LogP contribution >= 0.6 is 23.2 Å². The molecule has 2 aromatic carbocycles. The molecule has 0 aliphatic carbocycles. The number of nitrogens with zero attached hydrogens (tertiary/aromatic N) is 6. The van der Waals surface area contributed by atoms with Crippen LogP contribution in [0.15, 0.2) is 108 Å². The number of alkyl halides is 6. The Morgan fingerprint density at radius 3 is 1.74 bits per heavy atom. The van der Waals surface area contributed by atoms with Gasteiger partial charge in [0, 0.05) is 60.0 Å². The molecule has 0 spiro atoms. The first-order valence-electron chi connectivity index (χ1n) is 24.9. The molecule has 81 heavy (non-hydrogen) atoms. The summed E-state index contributed by atoms with van der Waals surface area (Å²) in [5, 5.41) is -0.154. The SMILES string of the molecule is COCN(c1cc(C)cnc1C(=O)c1c(C)cnc2c1ccn2[Si](C(C)C)(C(C)C)C(C)C)S(=O)(=O)c1ccc(Cl)c(C(F)(F)F)c1.Cc1cnc(C(=O)c2c(C)cnc3[nH]ccc23)c(NS(=O)(=O)c2ccc(Cl)c(C(F)(F)F)c2)c1. The normalized spacial score (nSPS) is 12.6. The van der Waals surface area contributed by atoms with E-state index in [2.05, 4.69) is 70.4 Å². The maximum Gasteiger partial charge on any atom is 0.417 e. The van der Waals surface area contributed by atoms with Gasteiger partial charge in [0.25, 0.3) is 20.0 Å². The number of sulfonamides is 2. The van der Waals surface area contributed by atoms with Gasteiger partial charge < -0.3 is 14.0 Å². The third-order valence-corrected chi connectivity index (χ3v) is 24.4. The highest BCUT2D eigenvalue weighted by Crippen LogP contribution is 2.45. The lowest BCUT2D eigenvalue weighted by molar-refractivity contribution is -0.138. The summed E-state index contributed by atoms with van der Waals surface area (Å²) in [4.78, 5) is 47.1. The average molecular weight is 1220 g/mol. The van der Waals surface area contributed by atoms with Gasteiger partial charge in [0.05, 0.1) is 42.3 Å². The molecule has 0 unspecified atom stereocenters. The van der Waals surface area contributed by atoms with E-state index in [0.29, 0.717) is 78.6 Å². The number of benzene rings is 2. The van der Waals surface area contributed by atoms with Crippen LogP contribution in [0.3, 0.4) is 0 Å². The predicted octanol–water partition coefficient (Wildman–Crippen LogP) is 14.1. The van der Waals surface area contributed by atoms with E-state index in [9.17, 15) is 52.8 Å². The van der Waals surface area contributed by atoms with Crippen LogP contribution in [0.2, 0.25) is 26.7 Å². The second kappa shape index (κ2) is 23.3. The zero-order chi connectivity index (χ0) is 60.1. The van der Waals surface area contributed by atoms with Crippen molar-refractivity contribution in [1.29, 1.82) is 0 Å². The monoisotopic (exact) mass is 1220 g/mol. The molecular formula is C55H56Cl2F6N8O7S2Si. The maximum absolute atomic E-state index is 14.6. The van der Waals surface area contributed by atoms with Gasteiger partial charge in [0.2, 0.25) is 11.6 Å². The summed E-state index contributed by atoms with van der Waals surface area (Å²) in [5.41, 5.74) is 1.59. The first kappa shape index (κ1) is 61.9. The third kappa shape index (κ3) is 12.0. The van der Waals surface area contributed by atoms with E-state index >= 15 is 0 Å². The molecule has 0 aliphatic rings. The van der Waals surface area contributed by atoms with Crippen molar-refractivity contribution in [2.24, 2.45) is 0 Å². The lowest BCUT2D eigenvalue weighted by Crippen LogP contribution is -2.51. The minimum atomic E-state index is -4.90. The highest BCUT2D eigenvalue weighted by Gasteiger charge is 2.46. The number of aromatic nitrogens is 6. The molecule has 0 aliphatic heterocycles. The molecule has 6 heterocycles. The summed E-state index contributed by atoms with van der Waals surface area (Å²) in [7, 11) is -10.3. The van der Waals surface area contributed by atoms with E-state index in [-0.39, 0.29) is 28.3 Å². The van der Waals surface area contributed by atoms with Crippen molar-refractivity contribution in [2.75, 3.05) is 22.9 Å². The number of anilines is 2. The zero-order valence-corrected chi connectivity index (χ0v) is 49.7. The van der Waals surface area contributed by atoms with E-state index in [1.165, 1.54) is 37.8 Å². The molecule has 0 fully saturated rings. The van der Waals surface area contributed by atoms with E-state index in [4.69, 9.17) is 32.9 Å². The lowest BCUT2D eigenvalue weighted by atomic mass is 9.99. The fraction of sp³-hybridized carbons (Fsp3) is 0.309. The quantitative estimate of drug-likeness (QED) is 0.0404. The molecule has 8 rings (SSSR count). The van der Waals surface area contributed by atoms with Crippen LogP contribution in [-0.2, 0) is 37.1 Å². The second-order valence-electron chi connectivity index (χ2n) is 20.2. The van der Waals surface area contributed by atoms with Crippen molar-refractivity contribution in [2.45, 2.75) is 108 Å². The first-order valence-corrected chi connectivity index (χ1v) is 30.8. The predicted molar refractivity (Wildman–Crippen MR) is 302 cm³/mol. The topological polar surface area (TPSA) is 199 Å². The number of fused-ring (bicyclic) bond motifs is 2. The standard InChI is InChI=1S/C33H40ClF3N4O4SSi.C22H16ClF3N4O3S/c1-19(2)47(20(3)4,21(5)6)41-13-12-25-29(23(8)17-39-32(25)41)31(42)30-28(14-22(7)16-38-30)40(18-45-9)46(43,44)24-10-11-27(34)26(15-24)33(35,36)37;1-11-7-17(30-34(32,33)13-3-4-16(23)15(8-13)22(24,25)26)19(28-9-11)20(31)18-12(2)10-29-21-14(18)5-6-27-21/h10-17,19-21H,18H2,1-9H3;3-10,30H,1-2H3,(H,27,29). The van der Waals surface area contributed by atoms with Crippen molar-refractivity contribution >= 4 is 96.5 Å². The molecule has 26 heteroatoms. The van der Waals surface area contributed by atoms with Crippen LogP contribution in [0.5, 0.6) is 0 Å². The van der Waals surface area contributed by atoms with Crippen molar-refractivity contribution < 1.29 is 57.5 Å². The lowest BCUT2D eigenvalue weighted by Gasteiger charge is -2.44. The van der Waals surface area contributed by atoms with Crippen molar-refractivity contribution in [3.8, 4) is 0 Å². The van der Waals surface area contributed by atoms with Gasteiger partial charge in [-0.05, 0) is 133 Å². The Labute approximate surface area is 475 Å². The number of carbonyl (C=O) groups is 2. The number of ether oxygens (including phenoxy) is 1. The zero-order valence-electron chi connectivity index (χ0n) is 45.6. The van der Waals surface area contributed by atoms with Crippen LogP contribution in [-0.4, -0.2) is 79.6 Å². The van der Waals surface area contributed by atoms with Crippen LogP contribution in [0, 0.1) is 27.7 Å². The summed E-state index contributed by atoms with van der Waals surface area (Å²) in [6, 6.07) is 10.9. The van der Waals surface area contributed by atoms with E-state index in [0.717, 1.165) is 28.6 Å². The smallest absolute Gasteiger partial charge is 0.363 e. The van der Waals surface area contributed by atoms with E-state index in [1.807, 2.05) is 12.3 Å². The van der Waals surface area contributed by atoms with Crippen LogP contribution in [0.25, 0.3) is 22.1 Å². The van der Waals surface area contributed by atoms with Crippen molar-refractivity contribution in [3.63, 3.8) is 0 Å². The molecule has 0 saturated carbocycles. The van der Waals surface area contributed by atoms with Gasteiger partial charge in [-0.3, -0.25) is 24.3 Å². The van der Waals surface area contributed by atoms with Gasteiger partial charge in [-0.15, -0.1) is 0 Å². The molecule has 0 radical (unpaired) electrons. The van der Waals surface area contributed by atoms with Gasteiger partial charge in [-0.25, -0.2) is 31.1 Å². The minimum Gasteiger partial charge on any atom is -0.363 e. The number of aromatic amines is 1. The average Bonchev–Trinajstić information content (AvgIpc) is 4.05. The largest absolute Gasteiger partial charge is 0.417 e. The van der Waals surface area contributed by atoms with Gasteiger partial charge >= 0.3 is 12.4 Å². The van der Waals surface area contributed by atoms with Gasteiger partial charge in [0.1, 0.15) is 29.4 Å². The molecule has 0 bridgehead atoms. The Hall–Kier alpha value is -6.70. The van der Waals surface area contributed by atoms with Crippen LogP contribution in [0.1, 0.15) is 107 Å². The third-order valence-electron chi connectivity index (χ3n) is 13.9. The molecule has 6 aromatic heterocycles. The highest BCUT2D eigenvalue weighted by atomic mass is 35.5. The summed E-state index contributed by atoms with van der Waals surface area (Å²) in [6.45, 7) is 19.5. The number of halogens is 8. The number of carbonyl (C=O) groups excluding carboxylic acids is 2. The Kier molecular flexibility index (Phi) is 17.8. The summed E-state index contributed by atoms with van der Waals surface area (Å²) >= 11 is 11.4. The molecule has 15 nitrogen and oxygen atoms in total. The number of aryl methyl sites for hydroxylation is 4. The number of pyridine rings is 4. The Morgan fingerprint density at radius 1 is 0.679 bits per heavy atom. The highest BCUT2D eigenvalue weighted by molar-refractivity contribution is 7.93. The molecular weight excluding hydrogens is 1160 g/mol. The number of rotatable bonds is 16. The summed E-state index contributed by atoms with van der Waals surface area (Å²) in [6.07, 6.45) is -0.182. The number of ketones is 2. The fourth-order valence-electron chi connectivity index (χ4n) is 10.5. The summed E-state index contributed by atoms with van der Waals surface area (Å²) < 4.78 is 145.